The molecule has 1 rings (SSSR count). The molecule has 0 aliphatic heterocycles. The van der Waals surface area contributed by atoms with Crippen LogP contribution in [0.25, 0.3) is 0 Å². The molecule has 7 heteroatoms. The summed E-state index contributed by atoms with van der Waals surface area (Å²) in [6.07, 6.45) is 5.98. The summed E-state index contributed by atoms with van der Waals surface area (Å²) in [7, 11) is 0. The number of unbranched alkanes of at least 4 members (excludes halogenated alkanes) is 4. The molecule has 3 amide bonds. The van der Waals surface area contributed by atoms with Crippen molar-refractivity contribution in [1.82, 2.24) is 10.6 Å². The van der Waals surface area contributed by atoms with Crippen molar-refractivity contribution in [1.29, 1.82) is 0 Å². The van der Waals surface area contributed by atoms with Crippen LogP contribution in [0.5, 0.6) is 5.75 Å². The smallest absolute Gasteiger partial charge is 0.243 e. The lowest BCUT2D eigenvalue weighted by molar-refractivity contribution is -0.133. The maximum Gasteiger partial charge on any atom is 0.243 e. The summed E-state index contributed by atoms with van der Waals surface area (Å²) in [4.78, 5) is 36.2. The van der Waals surface area contributed by atoms with Crippen LogP contribution in [0.4, 0.5) is 0 Å². The first kappa shape index (κ1) is 23.5. The van der Waals surface area contributed by atoms with Crippen LogP contribution in [0.1, 0.15) is 57.9 Å². The molecule has 1 unspecified atom stereocenters. The number of phenols is 1. The Hall–Kier alpha value is -2.57. The molecular formula is C21H33N3O4. The second kappa shape index (κ2) is 12.8. The van der Waals surface area contributed by atoms with Crippen LogP contribution >= 0.6 is 0 Å². The summed E-state index contributed by atoms with van der Waals surface area (Å²) in [6.45, 7) is 4.01. The Bertz CT molecular complexity index is 631. The fourth-order valence-electron chi connectivity index (χ4n) is 2.82. The molecule has 0 aromatic heterocycles. The van der Waals surface area contributed by atoms with Crippen molar-refractivity contribution in [3.8, 4) is 5.75 Å². The average molecular weight is 392 g/mol. The number of aromatic hydroxyl groups is 1. The first-order valence-electron chi connectivity index (χ1n) is 9.99. The number of nitrogens with two attached hydrogens (primary N) is 1. The van der Waals surface area contributed by atoms with E-state index in [0.717, 1.165) is 37.7 Å². The third-order valence-corrected chi connectivity index (χ3v) is 4.70. The van der Waals surface area contributed by atoms with Gasteiger partial charge in [0.05, 0.1) is 5.92 Å². The molecule has 28 heavy (non-hydrogen) atoms. The van der Waals surface area contributed by atoms with Crippen molar-refractivity contribution in [2.24, 2.45) is 11.7 Å². The molecule has 0 spiro atoms. The van der Waals surface area contributed by atoms with Crippen LogP contribution in [-0.2, 0) is 20.8 Å². The zero-order valence-corrected chi connectivity index (χ0v) is 16.9. The van der Waals surface area contributed by atoms with Gasteiger partial charge < -0.3 is 21.5 Å². The van der Waals surface area contributed by atoms with Gasteiger partial charge in [-0.2, -0.15) is 0 Å². The highest BCUT2D eigenvalue weighted by atomic mass is 16.3. The third-order valence-electron chi connectivity index (χ3n) is 4.70. The summed E-state index contributed by atoms with van der Waals surface area (Å²) in [5, 5.41) is 14.7. The number of nitrogens with one attached hydrogen (secondary N) is 2. The van der Waals surface area contributed by atoms with E-state index < -0.39 is 23.8 Å². The van der Waals surface area contributed by atoms with E-state index in [1.54, 1.807) is 24.3 Å². The van der Waals surface area contributed by atoms with Crippen LogP contribution in [0.3, 0.4) is 0 Å². The maximum atomic E-state index is 12.5. The normalized spacial score (nSPS) is 12.8. The quantitative estimate of drug-likeness (QED) is 0.384. The zero-order valence-electron chi connectivity index (χ0n) is 16.9. The Morgan fingerprint density at radius 2 is 1.71 bits per heavy atom. The lowest BCUT2D eigenvalue weighted by Gasteiger charge is -2.22. The fraction of sp³-hybridized carbons (Fsp3) is 0.571. The van der Waals surface area contributed by atoms with Gasteiger partial charge in [-0.15, -0.1) is 0 Å². The van der Waals surface area contributed by atoms with Gasteiger partial charge in [0.2, 0.25) is 17.7 Å². The van der Waals surface area contributed by atoms with Crippen molar-refractivity contribution >= 4 is 17.7 Å². The molecule has 2 atom stereocenters. The Morgan fingerprint density at radius 3 is 2.32 bits per heavy atom. The van der Waals surface area contributed by atoms with E-state index >= 15 is 0 Å². The van der Waals surface area contributed by atoms with E-state index in [1.165, 1.54) is 6.92 Å². The molecule has 0 saturated heterocycles. The van der Waals surface area contributed by atoms with Crippen LogP contribution in [0.15, 0.2) is 24.3 Å². The minimum Gasteiger partial charge on any atom is -0.508 e. The predicted molar refractivity (Wildman–Crippen MR) is 108 cm³/mol. The van der Waals surface area contributed by atoms with Gasteiger partial charge in [0.15, 0.2) is 0 Å². The van der Waals surface area contributed by atoms with Gasteiger partial charge in [-0.1, -0.05) is 51.7 Å². The fourth-order valence-corrected chi connectivity index (χ4v) is 2.82. The van der Waals surface area contributed by atoms with Crippen molar-refractivity contribution in [2.75, 3.05) is 6.54 Å². The highest BCUT2D eigenvalue weighted by Crippen LogP contribution is 2.10. The second-order valence-electron chi connectivity index (χ2n) is 7.11. The van der Waals surface area contributed by atoms with Gasteiger partial charge in [0.25, 0.3) is 0 Å². The van der Waals surface area contributed by atoms with Crippen LogP contribution in [0.2, 0.25) is 0 Å². The second-order valence-corrected chi connectivity index (χ2v) is 7.11. The SMILES string of the molecule is CCCCCCCC(=O)N[C@@H](C(=O)NCCc1ccc(O)cc1)C(C)C(N)=O. The number of hydrogen-bond donors (Lipinski definition) is 4. The third kappa shape index (κ3) is 8.88. The molecule has 7 nitrogen and oxygen atoms in total. The van der Waals surface area contributed by atoms with Crippen LogP contribution in [0, 0.1) is 5.92 Å². The maximum absolute atomic E-state index is 12.5. The number of primary amides is 1. The van der Waals surface area contributed by atoms with Gasteiger partial charge in [-0.3, -0.25) is 14.4 Å². The number of amides is 3. The molecule has 5 N–H and O–H groups in total. The summed E-state index contributed by atoms with van der Waals surface area (Å²) >= 11 is 0. The lowest BCUT2D eigenvalue weighted by atomic mass is 9.99. The summed E-state index contributed by atoms with van der Waals surface area (Å²) in [5.74, 6) is -1.94. The van der Waals surface area contributed by atoms with Crippen molar-refractivity contribution in [3.63, 3.8) is 0 Å². The number of rotatable bonds is 13. The number of phenolic OH excluding ortho intramolecular Hbond substituents is 1. The van der Waals surface area contributed by atoms with Gasteiger partial charge in [-0.25, -0.2) is 0 Å². The molecule has 0 saturated carbocycles. The highest BCUT2D eigenvalue weighted by Gasteiger charge is 2.30. The molecule has 0 bridgehead atoms. The minimum atomic E-state index is -0.986. The summed E-state index contributed by atoms with van der Waals surface area (Å²) in [6, 6.07) is 5.71. The predicted octanol–water partition coefficient (Wildman–Crippen LogP) is 2.02. The number of carbonyl (C=O) groups excluding carboxylic acids is 3. The average Bonchev–Trinajstić information content (AvgIpc) is 2.66. The first-order valence-corrected chi connectivity index (χ1v) is 9.99. The van der Waals surface area contributed by atoms with Crippen molar-refractivity contribution in [3.05, 3.63) is 29.8 Å². The Balaban J connectivity index is 2.52. The zero-order chi connectivity index (χ0) is 20.9. The Morgan fingerprint density at radius 1 is 1.07 bits per heavy atom. The van der Waals surface area contributed by atoms with Gasteiger partial charge in [0, 0.05) is 13.0 Å². The van der Waals surface area contributed by atoms with E-state index in [-0.39, 0.29) is 11.7 Å². The summed E-state index contributed by atoms with van der Waals surface area (Å²) in [5.41, 5.74) is 6.30. The number of carbonyl (C=O) groups is 3. The topological polar surface area (TPSA) is 122 Å². The van der Waals surface area contributed by atoms with Crippen molar-refractivity contribution < 1.29 is 19.5 Å². The lowest BCUT2D eigenvalue weighted by Crippen LogP contribution is -2.53. The highest BCUT2D eigenvalue weighted by molar-refractivity contribution is 5.92. The van der Waals surface area contributed by atoms with Crippen LogP contribution in [-0.4, -0.2) is 35.4 Å². The molecule has 0 fully saturated rings. The van der Waals surface area contributed by atoms with Gasteiger partial charge in [0.1, 0.15) is 11.8 Å². The molecule has 156 valence electrons. The van der Waals surface area contributed by atoms with E-state index in [9.17, 15) is 19.5 Å². The molecule has 0 radical (unpaired) electrons. The van der Waals surface area contributed by atoms with E-state index in [0.29, 0.717) is 19.4 Å². The Kier molecular flexibility index (Phi) is 10.7. The monoisotopic (exact) mass is 391 g/mol. The first-order chi connectivity index (χ1) is 13.3. The molecule has 0 aliphatic carbocycles. The summed E-state index contributed by atoms with van der Waals surface area (Å²) < 4.78 is 0. The van der Waals surface area contributed by atoms with E-state index in [1.807, 2.05) is 0 Å². The molecule has 0 heterocycles. The molecular weight excluding hydrogens is 358 g/mol. The standard InChI is InChI=1S/C21H33N3O4/c1-3-4-5-6-7-8-18(26)24-19(15(2)20(22)27)21(28)23-14-13-16-9-11-17(25)12-10-16/h9-12,15,19,25H,3-8,13-14H2,1-2H3,(H2,22,27)(H,23,28)(H,24,26)/t15?,19-/m1/s1. The van der Waals surface area contributed by atoms with Gasteiger partial charge in [-0.05, 0) is 30.5 Å². The van der Waals surface area contributed by atoms with E-state index in [2.05, 4.69) is 17.6 Å². The van der Waals surface area contributed by atoms with Gasteiger partial charge >= 0.3 is 0 Å². The van der Waals surface area contributed by atoms with Crippen LogP contribution < -0.4 is 16.4 Å². The van der Waals surface area contributed by atoms with E-state index in [4.69, 9.17) is 5.73 Å². The number of benzene rings is 1. The number of hydrogen-bond acceptors (Lipinski definition) is 4. The van der Waals surface area contributed by atoms with Crippen molar-refractivity contribution in [2.45, 2.75) is 64.8 Å². The molecule has 1 aromatic rings. The Labute approximate surface area is 167 Å². The minimum absolute atomic E-state index is 0.181. The molecule has 1 aromatic carbocycles. The molecule has 0 aliphatic rings. The largest absolute Gasteiger partial charge is 0.508 e.